The van der Waals surface area contributed by atoms with Gasteiger partial charge in [-0.05, 0) is 43.0 Å². The van der Waals surface area contributed by atoms with E-state index < -0.39 is 23.9 Å². The zero-order valence-electron chi connectivity index (χ0n) is 16.1. The smallest absolute Gasteiger partial charge is 0.344 e. The largest absolute Gasteiger partial charge is 0.479 e. The third-order valence-electron chi connectivity index (χ3n) is 4.25. The van der Waals surface area contributed by atoms with Gasteiger partial charge in [0.1, 0.15) is 5.75 Å². The molecular weight excluding hydrogens is 408 g/mol. The summed E-state index contributed by atoms with van der Waals surface area (Å²) in [5, 5.41) is 18.8. The van der Waals surface area contributed by atoms with Crippen LogP contribution in [0, 0.1) is 0 Å². The molecule has 0 radical (unpaired) electrons. The van der Waals surface area contributed by atoms with Crippen LogP contribution in [0.15, 0.2) is 58.4 Å². The van der Waals surface area contributed by atoms with Gasteiger partial charge in [-0.3, -0.25) is 4.79 Å². The molecule has 1 aliphatic rings. The van der Waals surface area contributed by atoms with Crippen molar-refractivity contribution in [2.24, 2.45) is 4.99 Å². The number of para-hydroxylation sites is 2. The fourth-order valence-electron chi connectivity index (χ4n) is 2.68. The van der Waals surface area contributed by atoms with Gasteiger partial charge in [-0.1, -0.05) is 30.3 Å². The van der Waals surface area contributed by atoms with Crippen molar-refractivity contribution in [3.63, 3.8) is 0 Å². The number of anilines is 1. The van der Waals surface area contributed by atoms with E-state index in [4.69, 9.17) is 9.84 Å². The number of amides is 1. The molecule has 1 amide bonds. The first-order chi connectivity index (χ1) is 14.3. The molecule has 2 aromatic carbocycles. The number of hydrogen-bond acceptors (Lipinski definition) is 6. The minimum absolute atomic E-state index is 0.0922. The van der Waals surface area contributed by atoms with E-state index in [1.807, 2.05) is 0 Å². The summed E-state index contributed by atoms with van der Waals surface area (Å²) in [6, 6.07) is 13.2. The lowest BCUT2D eigenvalue weighted by Gasteiger charge is -2.19. The maximum absolute atomic E-state index is 12.4. The fraction of sp³-hybridized carbons (Fsp3) is 0.143. The van der Waals surface area contributed by atoms with E-state index in [0.717, 1.165) is 11.8 Å². The van der Waals surface area contributed by atoms with Crippen LogP contribution in [0.2, 0.25) is 0 Å². The molecule has 1 atom stereocenters. The van der Waals surface area contributed by atoms with E-state index in [9.17, 15) is 19.5 Å². The molecule has 0 spiro atoms. The average molecular weight is 426 g/mol. The molecule has 2 aromatic rings. The molecule has 30 heavy (non-hydrogen) atoms. The van der Waals surface area contributed by atoms with Gasteiger partial charge in [0.15, 0.2) is 11.3 Å². The van der Waals surface area contributed by atoms with Gasteiger partial charge >= 0.3 is 11.9 Å². The Balaban J connectivity index is 1.86. The van der Waals surface area contributed by atoms with Crippen molar-refractivity contribution >= 4 is 46.5 Å². The molecule has 0 fully saturated rings. The summed E-state index contributed by atoms with van der Waals surface area (Å²) in [4.78, 5) is 40.9. The monoisotopic (exact) mass is 426 g/mol. The molecule has 0 aromatic heterocycles. The molecule has 1 heterocycles. The van der Waals surface area contributed by atoms with Gasteiger partial charge < -0.3 is 19.8 Å². The molecule has 3 rings (SSSR count). The summed E-state index contributed by atoms with van der Waals surface area (Å²) < 4.78 is 5.46. The van der Waals surface area contributed by atoms with Crippen molar-refractivity contribution in [2.75, 3.05) is 11.9 Å². The summed E-state index contributed by atoms with van der Waals surface area (Å²) in [7, 11) is 1.63. The number of rotatable bonds is 6. The summed E-state index contributed by atoms with van der Waals surface area (Å²) in [6.07, 6.45) is 0.520. The number of aliphatic carboxylic acids is 1. The SMILES string of the molecule is CC(Oc1ccccc1/C=C1\SC(N(C)c2ccccc2C(=O)O)=NC1=O)C(=O)O. The van der Waals surface area contributed by atoms with Crippen molar-refractivity contribution in [1.29, 1.82) is 0 Å². The molecule has 2 N–H and O–H groups in total. The molecule has 0 bridgehead atoms. The molecular formula is C21H18N2O6S. The van der Waals surface area contributed by atoms with Gasteiger partial charge in [0.25, 0.3) is 5.91 Å². The van der Waals surface area contributed by atoms with Gasteiger partial charge in [0, 0.05) is 12.6 Å². The van der Waals surface area contributed by atoms with Crippen LogP contribution in [0.1, 0.15) is 22.8 Å². The van der Waals surface area contributed by atoms with Crippen LogP contribution < -0.4 is 9.64 Å². The van der Waals surface area contributed by atoms with Gasteiger partial charge in [-0.2, -0.15) is 4.99 Å². The number of amidine groups is 1. The van der Waals surface area contributed by atoms with Crippen LogP contribution >= 0.6 is 11.8 Å². The Morgan fingerprint density at radius 1 is 1.13 bits per heavy atom. The highest BCUT2D eigenvalue weighted by Gasteiger charge is 2.27. The van der Waals surface area contributed by atoms with E-state index in [-0.39, 0.29) is 5.56 Å². The third kappa shape index (κ3) is 4.52. The number of thioether (sulfide) groups is 1. The highest BCUT2D eigenvalue weighted by atomic mass is 32.2. The zero-order valence-corrected chi connectivity index (χ0v) is 16.9. The maximum atomic E-state index is 12.4. The molecule has 0 saturated heterocycles. The number of carbonyl (C=O) groups is 3. The van der Waals surface area contributed by atoms with Crippen molar-refractivity contribution in [3.8, 4) is 5.75 Å². The number of carboxylic acid groups (broad SMARTS) is 2. The minimum atomic E-state index is -1.10. The predicted octanol–water partition coefficient (Wildman–Crippen LogP) is 3.34. The van der Waals surface area contributed by atoms with E-state index in [1.54, 1.807) is 60.5 Å². The van der Waals surface area contributed by atoms with E-state index in [2.05, 4.69) is 4.99 Å². The van der Waals surface area contributed by atoms with E-state index in [0.29, 0.717) is 27.1 Å². The van der Waals surface area contributed by atoms with Gasteiger partial charge in [0.2, 0.25) is 0 Å². The minimum Gasteiger partial charge on any atom is -0.479 e. The van der Waals surface area contributed by atoms with Gasteiger partial charge in [-0.25, -0.2) is 9.59 Å². The van der Waals surface area contributed by atoms with E-state index >= 15 is 0 Å². The third-order valence-corrected chi connectivity index (χ3v) is 5.31. The van der Waals surface area contributed by atoms with Crippen molar-refractivity contribution < 1.29 is 29.3 Å². The molecule has 0 saturated carbocycles. The number of aromatic carboxylic acids is 1. The normalized spacial score (nSPS) is 15.6. The summed E-state index contributed by atoms with van der Waals surface area (Å²) in [5.74, 6) is -2.34. The first-order valence-corrected chi connectivity index (χ1v) is 9.66. The number of nitrogens with zero attached hydrogens (tertiary/aromatic N) is 2. The molecule has 9 heteroatoms. The molecule has 1 aliphatic heterocycles. The van der Waals surface area contributed by atoms with E-state index in [1.165, 1.54) is 13.0 Å². The standard InChI is InChI=1S/C21H18N2O6S/c1-12(19(25)26)29-16-10-6-3-7-13(16)11-17-18(24)22-21(30-17)23(2)15-9-5-4-8-14(15)20(27)28/h3-12H,1-2H3,(H,25,26)(H,27,28)/b17-11-. The second-order valence-electron chi connectivity index (χ2n) is 6.33. The van der Waals surface area contributed by atoms with Crippen molar-refractivity contribution in [2.45, 2.75) is 13.0 Å². The maximum Gasteiger partial charge on any atom is 0.344 e. The molecule has 0 aliphatic carbocycles. The predicted molar refractivity (Wildman–Crippen MR) is 114 cm³/mol. The van der Waals surface area contributed by atoms with Crippen LogP contribution in [0.5, 0.6) is 5.75 Å². The first-order valence-electron chi connectivity index (χ1n) is 8.85. The highest BCUT2D eigenvalue weighted by Crippen LogP contribution is 2.34. The lowest BCUT2D eigenvalue weighted by atomic mass is 10.1. The lowest BCUT2D eigenvalue weighted by Crippen LogP contribution is -2.24. The summed E-state index contributed by atoms with van der Waals surface area (Å²) >= 11 is 1.09. The Hall–Kier alpha value is -3.59. The number of carbonyl (C=O) groups excluding carboxylic acids is 1. The second kappa shape index (κ2) is 8.83. The number of aliphatic imine (C=N–C) groups is 1. The first kappa shape index (κ1) is 21.1. The Kier molecular flexibility index (Phi) is 6.22. The Labute approximate surface area is 176 Å². The molecule has 8 nitrogen and oxygen atoms in total. The van der Waals surface area contributed by atoms with Crippen LogP contribution in [-0.4, -0.2) is 46.4 Å². The fourth-order valence-corrected chi connectivity index (χ4v) is 3.56. The quantitative estimate of drug-likeness (QED) is 0.676. The van der Waals surface area contributed by atoms with Crippen LogP contribution in [0.25, 0.3) is 6.08 Å². The van der Waals surface area contributed by atoms with Crippen LogP contribution in [-0.2, 0) is 9.59 Å². The average Bonchev–Trinajstić information content (AvgIpc) is 3.09. The summed E-state index contributed by atoms with van der Waals surface area (Å²) in [6.45, 7) is 1.41. The molecule has 1 unspecified atom stereocenters. The number of hydrogen-bond donors (Lipinski definition) is 2. The number of carboxylic acids is 2. The van der Waals surface area contributed by atoms with Gasteiger partial charge in [0.05, 0.1) is 16.2 Å². The highest BCUT2D eigenvalue weighted by molar-refractivity contribution is 8.18. The Morgan fingerprint density at radius 2 is 1.80 bits per heavy atom. The van der Waals surface area contributed by atoms with Crippen LogP contribution in [0.3, 0.4) is 0 Å². The van der Waals surface area contributed by atoms with Crippen molar-refractivity contribution in [3.05, 3.63) is 64.6 Å². The Morgan fingerprint density at radius 3 is 2.50 bits per heavy atom. The second-order valence-corrected chi connectivity index (χ2v) is 7.34. The van der Waals surface area contributed by atoms with Gasteiger partial charge in [-0.15, -0.1) is 0 Å². The zero-order chi connectivity index (χ0) is 21.8. The lowest BCUT2D eigenvalue weighted by molar-refractivity contribution is -0.144. The summed E-state index contributed by atoms with van der Waals surface area (Å²) in [5.41, 5.74) is 1.03. The Bertz CT molecular complexity index is 1080. The van der Waals surface area contributed by atoms with Crippen molar-refractivity contribution in [1.82, 2.24) is 0 Å². The number of benzene rings is 2. The molecule has 154 valence electrons. The topological polar surface area (TPSA) is 116 Å². The van der Waals surface area contributed by atoms with Crippen LogP contribution in [0.4, 0.5) is 5.69 Å². The number of ether oxygens (including phenoxy) is 1.